The van der Waals surface area contributed by atoms with Gasteiger partial charge in [0.25, 0.3) is 0 Å². The number of ether oxygens (including phenoxy) is 1. The summed E-state index contributed by atoms with van der Waals surface area (Å²) in [5.41, 5.74) is 1.64. The highest BCUT2D eigenvalue weighted by molar-refractivity contribution is 5.80. The number of piperidine rings is 1. The fraction of sp³-hybridized carbons (Fsp3) is 0.600. The van der Waals surface area contributed by atoms with Gasteiger partial charge in [0.1, 0.15) is 5.60 Å². The summed E-state index contributed by atoms with van der Waals surface area (Å²) >= 11 is 0. The van der Waals surface area contributed by atoms with Crippen LogP contribution in [0.1, 0.15) is 59.1 Å². The summed E-state index contributed by atoms with van der Waals surface area (Å²) in [5, 5.41) is 9.89. The van der Waals surface area contributed by atoms with E-state index in [0.29, 0.717) is 12.6 Å². The van der Waals surface area contributed by atoms with Gasteiger partial charge in [-0.25, -0.2) is 4.79 Å². The Hall–Kier alpha value is -2.54. The minimum Gasteiger partial charge on any atom is -0.444 e. The van der Waals surface area contributed by atoms with Crippen LogP contribution in [-0.4, -0.2) is 61.3 Å². The molecule has 1 aromatic rings. The Morgan fingerprint density at radius 1 is 1.25 bits per heavy atom. The number of benzene rings is 1. The molecule has 32 heavy (non-hydrogen) atoms. The number of nitrogens with one attached hydrogen (secondary N) is 3. The lowest BCUT2D eigenvalue weighted by atomic mass is 10.0. The quantitative estimate of drug-likeness (QED) is 0.323. The molecule has 1 aliphatic rings. The topological polar surface area (TPSA) is 78.0 Å². The first-order valence-corrected chi connectivity index (χ1v) is 11.6. The van der Waals surface area contributed by atoms with Crippen molar-refractivity contribution in [2.75, 3.05) is 32.7 Å². The zero-order valence-corrected chi connectivity index (χ0v) is 20.4. The van der Waals surface area contributed by atoms with E-state index in [9.17, 15) is 4.79 Å². The molecule has 1 aromatic carbocycles. The Bertz CT molecular complexity index is 749. The number of carbonyl (C=O) groups is 1. The molecule has 1 saturated heterocycles. The van der Waals surface area contributed by atoms with Crippen molar-refractivity contribution in [3.05, 3.63) is 48.0 Å². The molecule has 1 fully saturated rings. The lowest BCUT2D eigenvalue weighted by molar-refractivity contribution is 0.0505. The fourth-order valence-corrected chi connectivity index (χ4v) is 3.68. The number of hydrogen-bond donors (Lipinski definition) is 3. The van der Waals surface area contributed by atoms with Crippen LogP contribution in [0.3, 0.4) is 0 Å². The third kappa shape index (κ3) is 9.73. The van der Waals surface area contributed by atoms with E-state index < -0.39 is 11.7 Å². The first kappa shape index (κ1) is 25.7. The molecule has 0 spiro atoms. The first-order chi connectivity index (χ1) is 15.2. The van der Waals surface area contributed by atoms with E-state index in [0.717, 1.165) is 50.5 Å². The SMILES string of the molecule is C=C(C)CN1CCC(NC(=NCC(NC(=O)OC(C)(C)C)c2ccccc2)NCC)CC1. The Balaban J connectivity index is 2.02. The number of amides is 1. The molecular weight excluding hydrogens is 402 g/mol. The van der Waals surface area contributed by atoms with Crippen molar-refractivity contribution < 1.29 is 9.53 Å². The second-order valence-electron chi connectivity index (χ2n) is 9.48. The lowest BCUT2D eigenvalue weighted by Crippen LogP contribution is -2.49. The van der Waals surface area contributed by atoms with Crippen LogP contribution < -0.4 is 16.0 Å². The predicted octanol–water partition coefficient (Wildman–Crippen LogP) is 3.85. The third-order valence-electron chi connectivity index (χ3n) is 5.09. The molecule has 0 bridgehead atoms. The summed E-state index contributed by atoms with van der Waals surface area (Å²) in [6, 6.07) is 9.98. The molecule has 7 heteroatoms. The molecule has 0 aliphatic carbocycles. The van der Waals surface area contributed by atoms with Crippen LogP contribution in [0.15, 0.2) is 47.5 Å². The van der Waals surface area contributed by atoms with Crippen LogP contribution in [0.25, 0.3) is 0 Å². The maximum atomic E-state index is 12.4. The lowest BCUT2D eigenvalue weighted by Gasteiger charge is -2.33. The molecule has 1 heterocycles. The Kier molecular flexibility index (Phi) is 10.0. The summed E-state index contributed by atoms with van der Waals surface area (Å²) in [6.07, 6.45) is 1.69. The Morgan fingerprint density at radius 3 is 2.47 bits per heavy atom. The van der Waals surface area contributed by atoms with E-state index in [1.807, 2.05) is 51.1 Å². The minimum absolute atomic E-state index is 0.279. The van der Waals surface area contributed by atoms with E-state index in [1.54, 1.807) is 0 Å². The molecule has 3 N–H and O–H groups in total. The van der Waals surface area contributed by atoms with Crippen LogP contribution in [0.5, 0.6) is 0 Å². The van der Waals surface area contributed by atoms with Gasteiger partial charge in [0.05, 0.1) is 12.6 Å². The number of aliphatic imine (C=N–C) groups is 1. The number of alkyl carbamates (subject to hydrolysis) is 1. The van der Waals surface area contributed by atoms with Gasteiger partial charge in [0.2, 0.25) is 0 Å². The highest BCUT2D eigenvalue weighted by Crippen LogP contribution is 2.16. The zero-order chi connectivity index (χ0) is 23.6. The average Bonchev–Trinajstić information content (AvgIpc) is 2.71. The summed E-state index contributed by atoms with van der Waals surface area (Å²) in [5.74, 6) is 0.776. The molecule has 7 nitrogen and oxygen atoms in total. The molecule has 1 atom stereocenters. The van der Waals surface area contributed by atoms with Gasteiger partial charge in [-0.05, 0) is 53.0 Å². The van der Waals surface area contributed by atoms with Crippen molar-refractivity contribution in [1.29, 1.82) is 0 Å². The van der Waals surface area contributed by atoms with Gasteiger partial charge in [0, 0.05) is 32.2 Å². The number of guanidine groups is 1. The fourth-order valence-electron chi connectivity index (χ4n) is 3.68. The highest BCUT2D eigenvalue weighted by atomic mass is 16.6. The number of rotatable bonds is 8. The van der Waals surface area contributed by atoms with Crippen LogP contribution >= 0.6 is 0 Å². The van der Waals surface area contributed by atoms with Gasteiger partial charge in [0.15, 0.2) is 5.96 Å². The molecule has 178 valence electrons. The average molecular weight is 444 g/mol. The zero-order valence-electron chi connectivity index (χ0n) is 20.4. The van der Waals surface area contributed by atoms with Crippen molar-refractivity contribution in [2.45, 2.75) is 65.1 Å². The minimum atomic E-state index is -0.552. The van der Waals surface area contributed by atoms with Gasteiger partial charge in [-0.2, -0.15) is 0 Å². The van der Waals surface area contributed by atoms with Crippen LogP contribution in [-0.2, 0) is 4.74 Å². The monoisotopic (exact) mass is 443 g/mol. The molecule has 1 aliphatic heterocycles. The molecule has 2 rings (SSSR count). The van der Waals surface area contributed by atoms with Gasteiger partial charge >= 0.3 is 6.09 Å². The molecule has 0 radical (unpaired) electrons. The normalized spacial score (nSPS) is 16.8. The smallest absolute Gasteiger partial charge is 0.408 e. The molecular formula is C25H41N5O2. The van der Waals surface area contributed by atoms with Crippen LogP contribution in [0.2, 0.25) is 0 Å². The van der Waals surface area contributed by atoms with E-state index >= 15 is 0 Å². The van der Waals surface area contributed by atoms with Crippen molar-refractivity contribution in [2.24, 2.45) is 4.99 Å². The Morgan fingerprint density at radius 2 is 1.91 bits per heavy atom. The Labute approximate surface area is 193 Å². The van der Waals surface area contributed by atoms with Crippen molar-refractivity contribution in [1.82, 2.24) is 20.9 Å². The summed E-state index contributed by atoms with van der Waals surface area (Å²) in [7, 11) is 0. The van der Waals surface area contributed by atoms with Gasteiger partial charge in [-0.3, -0.25) is 9.89 Å². The molecule has 1 unspecified atom stereocenters. The number of likely N-dealkylation sites (tertiary alicyclic amines) is 1. The first-order valence-electron chi connectivity index (χ1n) is 11.6. The maximum Gasteiger partial charge on any atom is 0.408 e. The molecule has 0 aromatic heterocycles. The van der Waals surface area contributed by atoms with E-state index in [2.05, 4.69) is 41.3 Å². The second kappa shape index (κ2) is 12.5. The van der Waals surface area contributed by atoms with E-state index in [1.165, 1.54) is 5.57 Å². The standard InChI is InChI=1S/C25H41N5O2/c1-7-26-23(28-21-13-15-30(16-14-21)18-19(2)3)27-17-22(20-11-9-8-10-12-20)29-24(31)32-25(4,5)6/h8-12,21-22H,2,7,13-18H2,1,3-6H3,(H,29,31)(H2,26,27,28). The van der Waals surface area contributed by atoms with Gasteiger partial charge in [-0.1, -0.05) is 42.5 Å². The predicted molar refractivity (Wildman–Crippen MR) is 132 cm³/mol. The van der Waals surface area contributed by atoms with E-state index in [4.69, 9.17) is 9.73 Å². The molecule has 0 saturated carbocycles. The highest BCUT2D eigenvalue weighted by Gasteiger charge is 2.22. The van der Waals surface area contributed by atoms with Crippen LogP contribution in [0, 0.1) is 0 Å². The number of carbonyl (C=O) groups excluding carboxylic acids is 1. The van der Waals surface area contributed by atoms with Crippen molar-refractivity contribution in [3.63, 3.8) is 0 Å². The van der Waals surface area contributed by atoms with Crippen molar-refractivity contribution in [3.8, 4) is 0 Å². The van der Waals surface area contributed by atoms with Crippen molar-refractivity contribution >= 4 is 12.1 Å². The van der Waals surface area contributed by atoms with Crippen LogP contribution in [0.4, 0.5) is 4.79 Å². The molecule has 1 amide bonds. The summed E-state index contributed by atoms with van der Waals surface area (Å²) in [6.45, 7) is 18.0. The summed E-state index contributed by atoms with van der Waals surface area (Å²) in [4.78, 5) is 19.7. The third-order valence-corrected chi connectivity index (χ3v) is 5.09. The van der Waals surface area contributed by atoms with Gasteiger partial charge < -0.3 is 20.7 Å². The van der Waals surface area contributed by atoms with E-state index in [-0.39, 0.29) is 6.04 Å². The van der Waals surface area contributed by atoms with Gasteiger partial charge in [-0.15, -0.1) is 0 Å². The maximum absolute atomic E-state index is 12.4. The largest absolute Gasteiger partial charge is 0.444 e. The number of nitrogens with zero attached hydrogens (tertiary/aromatic N) is 2. The number of hydrogen-bond acceptors (Lipinski definition) is 4. The summed E-state index contributed by atoms with van der Waals surface area (Å²) < 4.78 is 5.46. The second-order valence-corrected chi connectivity index (χ2v) is 9.48.